The Kier molecular flexibility index (Phi) is 5.82. The van der Waals surface area contributed by atoms with Crippen LogP contribution >= 0.6 is 0 Å². The number of benzene rings is 1. The predicted molar refractivity (Wildman–Crippen MR) is 63.4 cm³/mol. The minimum absolute atomic E-state index is 0.0219. The quantitative estimate of drug-likeness (QED) is 0.566. The van der Waals surface area contributed by atoms with E-state index in [1.807, 2.05) is 0 Å². The number of alkyl halides is 3. The van der Waals surface area contributed by atoms with E-state index in [0.29, 0.717) is 17.7 Å². The normalized spacial score (nSPS) is 11.4. The lowest BCUT2D eigenvalue weighted by molar-refractivity contribution is -0.174. The van der Waals surface area contributed by atoms with Crippen molar-refractivity contribution in [3.8, 4) is 5.75 Å². The highest BCUT2D eigenvalue weighted by Crippen LogP contribution is 2.15. The maximum atomic E-state index is 11.8. The maximum absolute atomic E-state index is 11.8. The Morgan fingerprint density at radius 3 is 2.63 bits per heavy atom. The number of ether oxygens (including phenoxy) is 2. The second-order valence-corrected chi connectivity index (χ2v) is 3.95. The van der Waals surface area contributed by atoms with Gasteiger partial charge in [0.05, 0.1) is 13.2 Å². The fourth-order valence-electron chi connectivity index (χ4n) is 1.34. The largest absolute Gasteiger partial charge is 0.493 e. The van der Waals surface area contributed by atoms with Crippen molar-refractivity contribution in [3.63, 3.8) is 0 Å². The Morgan fingerprint density at radius 1 is 1.26 bits per heavy atom. The lowest BCUT2D eigenvalue weighted by Crippen LogP contribution is -2.18. The van der Waals surface area contributed by atoms with Crippen molar-refractivity contribution in [2.45, 2.75) is 19.5 Å². The Balaban J connectivity index is 2.23. The Morgan fingerprint density at radius 2 is 2.00 bits per heavy atom. The van der Waals surface area contributed by atoms with Gasteiger partial charge in [-0.3, -0.25) is 4.79 Å². The molecule has 0 saturated carbocycles. The number of hydrogen-bond donors (Lipinski definition) is 0. The van der Waals surface area contributed by atoms with Crippen LogP contribution in [0.3, 0.4) is 0 Å². The third kappa shape index (κ3) is 6.81. The molecule has 0 heterocycles. The molecule has 3 nitrogen and oxygen atoms in total. The fourth-order valence-corrected chi connectivity index (χ4v) is 1.34. The lowest BCUT2D eigenvalue weighted by Gasteiger charge is -2.09. The van der Waals surface area contributed by atoms with E-state index < -0.39 is 12.8 Å². The highest BCUT2D eigenvalue weighted by Gasteiger charge is 2.27. The van der Waals surface area contributed by atoms with Gasteiger partial charge in [0.1, 0.15) is 12.4 Å². The number of ketones is 1. The minimum atomic E-state index is -4.29. The molecular formula is C13H15F3O3. The highest BCUT2D eigenvalue weighted by molar-refractivity contribution is 5.94. The van der Waals surface area contributed by atoms with E-state index in [0.717, 1.165) is 0 Å². The van der Waals surface area contributed by atoms with E-state index >= 15 is 0 Å². The second kappa shape index (κ2) is 7.13. The molecule has 0 bridgehead atoms. The first-order valence-electron chi connectivity index (χ1n) is 5.77. The molecule has 0 fully saturated rings. The van der Waals surface area contributed by atoms with E-state index in [9.17, 15) is 18.0 Å². The number of carbonyl (C=O) groups is 1. The van der Waals surface area contributed by atoms with Gasteiger partial charge in [-0.2, -0.15) is 13.2 Å². The van der Waals surface area contributed by atoms with Crippen molar-refractivity contribution in [3.05, 3.63) is 29.8 Å². The van der Waals surface area contributed by atoms with E-state index in [1.54, 1.807) is 24.3 Å². The van der Waals surface area contributed by atoms with E-state index in [1.165, 1.54) is 6.92 Å². The molecule has 0 N–H and O–H groups in total. The topological polar surface area (TPSA) is 35.5 Å². The van der Waals surface area contributed by atoms with E-state index in [2.05, 4.69) is 4.74 Å². The van der Waals surface area contributed by atoms with Gasteiger partial charge in [0.25, 0.3) is 0 Å². The van der Waals surface area contributed by atoms with E-state index in [4.69, 9.17) is 4.74 Å². The van der Waals surface area contributed by atoms with Crippen LogP contribution in [0, 0.1) is 0 Å². The summed E-state index contributed by atoms with van der Waals surface area (Å²) in [4.78, 5) is 11.1. The number of hydrogen-bond acceptors (Lipinski definition) is 3. The summed E-state index contributed by atoms with van der Waals surface area (Å²) in [7, 11) is 0. The SMILES string of the molecule is CC(=O)c1cccc(OCCCOCC(F)(F)F)c1. The van der Waals surface area contributed by atoms with Gasteiger partial charge in [-0.25, -0.2) is 0 Å². The van der Waals surface area contributed by atoms with Gasteiger partial charge < -0.3 is 9.47 Å². The lowest BCUT2D eigenvalue weighted by atomic mass is 10.1. The standard InChI is InChI=1S/C13H15F3O3/c1-10(17)11-4-2-5-12(8-11)19-7-3-6-18-9-13(14,15)16/h2,4-5,8H,3,6-7,9H2,1H3. The minimum Gasteiger partial charge on any atom is -0.493 e. The van der Waals surface area contributed by atoms with Crippen LogP contribution in [0.2, 0.25) is 0 Å². The molecule has 0 aliphatic heterocycles. The van der Waals surface area contributed by atoms with Gasteiger partial charge in [0, 0.05) is 12.0 Å². The predicted octanol–water partition coefficient (Wildman–Crippen LogP) is 3.24. The number of rotatable bonds is 7. The number of Topliss-reactive ketones (excluding diaryl/α,β-unsaturated/α-hetero) is 1. The zero-order valence-corrected chi connectivity index (χ0v) is 10.5. The molecule has 1 aromatic rings. The van der Waals surface area contributed by atoms with Crippen molar-refractivity contribution < 1.29 is 27.4 Å². The molecule has 106 valence electrons. The van der Waals surface area contributed by atoms with Crippen LogP contribution < -0.4 is 4.74 Å². The second-order valence-electron chi connectivity index (χ2n) is 3.95. The molecule has 0 spiro atoms. The molecular weight excluding hydrogens is 261 g/mol. The number of carbonyl (C=O) groups excluding carboxylic acids is 1. The summed E-state index contributed by atoms with van der Waals surface area (Å²) in [6.07, 6.45) is -3.95. The Bertz CT molecular complexity index is 416. The smallest absolute Gasteiger partial charge is 0.411 e. The summed E-state index contributed by atoms with van der Waals surface area (Å²) in [6, 6.07) is 6.63. The maximum Gasteiger partial charge on any atom is 0.411 e. The highest BCUT2D eigenvalue weighted by atomic mass is 19.4. The van der Waals surface area contributed by atoms with Crippen LogP contribution in [0.25, 0.3) is 0 Å². The monoisotopic (exact) mass is 276 g/mol. The van der Waals surface area contributed by atoms with Crippen LogP contribution in [0.4, 0.5) is 13.2 Å². The summed E-state index contributed by atoms with van der Waals surface area (Å²) >= 11 is 0. The van der Waals surface area contributed by atoms with Crippen molar-refractivity contribution in [1.29, 1.82) is 0 Å². The molecule has 1 aromatic carbocycles. The molecule has 19 heavy (non-hydrogen) atoms. The summed E-state index contributed by atoms with van der Waals surface area (Å²) in [5.41, 5.74) is 0.533. The van der Waals surface area contributed by atoms with Crippen LogP contribution in [0.1, 0.15) is 23.7 Å². The van der Waals surface area contributed by atoms with Crippen molar-refractivity contribution >= 4 is 5.78 Å². The van der Waals surface area contributed by atoms with Crippen molar-refractivity contribution in [1.82, 2.24) is 0 Å². The van der Waals surface area contributed by atoms with Crippen LogP contribution in [-0.4, -0.2) is 31.8 Å². The molecule has 0 aliphatic rings. The molecule has 1 rings (SSSR count). The van der Waals surface area contributed by atoms with Crippen LogP contribution in [0.5, 0.6) is 5.75 Å². The van der Waals surface area contributed by atoms with Gasteiger partial charge in [0.2, 0.25) is 0 Å². The summed E-state index contributed by atoms with van der Waals surface area (Å²) in [6.45, 7) is 0.419. The molecule has 0 radical (unpaired) electrons. The summed E-state index contributed by atoms with van der Waals surface area (Å²) in [5, 5.41) is 0. The van der Waals surface area contributed by atoms with Crippen molar-refractivity contribution in [2.24, 2.45) is 0 Å². The first kappa shape index (κ1) is 15.5. The Hall–Kier alpha value is -1.56. The van der Waals surface area contributed by atoms with Crippen LogP contribution in [-0.2, 0) is 4.74 Å². The molecule has 0 unspecified atom stereocenters. The average Bonchev–Trinajstić information content (AvgIpc) is 2.32. The molecule has 0 aliphatic carbocycles. The van der Waals surface area contributed by atoms with Gasteiger partial charge in [-0.05, 0) is 19.1 Å². The van der Waals surface area contributed by atoms with Crippen molar-refractivity contribution in [2.75, 3.05) is 19.8 Å². The average molecular weight is 276 g/mol. The van der Waals surface area contributed by atoms with Crippen LogP contribution in [0.15, 0.2) is 24.3 Å². The zero-order valence-electron chi connectivity index (χ0n) is 10.5. The summed E-state index contributed by atoms with van der Waals surface area (Å²) < 4.78 is 45.0. The molecule has 0 amide bonds. The first-order valence-corrected chi connectivity index (χ1v) is 5.77. The summed E-state index contributed by atoms with van der Waals surface area (Å²) in [5.74, 6) is 0.447. The first-order chi connectivity index (χ1) is 8.88. The molecule has 0 atom stereocenters. The third-order valence-corrected chi connectivity index (χ3v) is 2.21. The number of halogens is 3. The molecule has 6 heteroatoms. The molecule has 0 saturated heterocycles. The van der Waals surface area contributed by atoms with Gasteiger partial charge in [0.15, 0.2) is 5.78 Å². The van der Waals surface area contributed by atoms with Gasteiger partial charge >= 0.3 is 6.18 Å². The van der Waals surface area contributed by atoms with E-state index in [-0.39, 0.29) is 19.0 Å². The zero-order chi connectivity index (χ0) is 14.3. The van der Waals surface area contributed by atoms with Gasteiger partial charge in [-0.15, -0.1) is 0 Å². The van der Waals surface area contributed by atoms with Gasteiger partial charge in [-0.1, -0.05) is 12.1 Å². The Labute approximate surface area is 109 Å². The molecule has 0 aromatic heterocycles. The fraction of sp³-hybridized carbons (Fsp3) is 0.462. The third-order valence-electron chi connectivity index (χ3n) is 2.21.